The molecule has 98 valence electrons. The molecule has 0 heterocycles. The van der Waals surface area contributed by atoms with Gasteiger partial charge in [-0.05, 0) is 24.1 Å². The molecule has 0 saturated heterocycles. The SMILES string of the molecule is CC[C@H](NC(=O)c1ccccc1Cl)c1ccccc1. The van der Waals surface area contributed by atoms with Gasteiger partial charge in [0.1, 0.15) is 0 Å². The molecule has 0 bridgehead atoms. The molecule has 0 aliphatic heterocycles. The molecule has 2 rings (SSSR count). The van der Waals surface area contributed by atoms with E-state index in [0.717, 1.165) is 12.0 Å². The molecular formula is C16H16ClNO. The average Bonchev–Trinajstić information content (AvgIpc) is 2.46. The van der Waals surface area contributed by atoms with Crippen LogP contribution in [0.5, 0.6) is 0 Å². The minimum atomic E-state index is -0.138. The Morgan fingerprint density at radius 1 is 1.11 bits per heavy atom. The smallest absolute Gasteiger partial charge is 0.253 e. The summed E-state index contributed by atoms with van der Waals surface area (Å²) in [6.45, 7) is 2.05. The highest BCUT2D eigenvalue weighted by Crippen LogP contribution is 2.19. The Bertz CT molecular complexity index is 554. The molecule has 19 heavy (non-hydrogen) atoms. The van der Waals surface area contributed by atoms with Crippen LogP contribution in [0.4, 0.5) is 0 Å². The largest absolute Gasteiger partial charge is 0.345 e. The number of benzene rings is 2. The highest BCUT2D eigenvalue weighted by molar-refractivity contribution is 6.33. The number of hydrogen-bond donors (Lipinski definition) is 1. The lowest BCUT2D eigenvalue weighted by Crippen LogP contribution is -2.28. The second-order valence-corrected chi connectivity index (χ2v) is 4.73. The number of nitrogens with one attached hydrogen (secondary N) is 1. The molecule has 0 aliphatic rings. The third-order valence-corrected chi connectivity index (χ3v) is 3.36. The number of rotatable bonds is 4. The van der Waals surface area contributed by atoms with Crippen molar-refractivity contribution in [2.24, 2.45) is 0 Å². The van der Waals surface area contributed by atoms with Crippen LogP contribution in [-0.4, -0.2) is 5.91 Å². The van der Waals surface area contributed by atoms with Crippen molar-refractivity contribution in [1.82, 2.24) is 5.32 Å². The lowest BCUT2D eigenvalue weighted by atomic mass is 10.0. The molecule has 1 amide bonds. The predicted molar refractivity (Wildman–Crippen MR) is 78.4 cm³/mol. The van der Waals surface area contributed by atoms with Gasteiger partial charge >= 0.3 is 0 Å². The molecule has 2 nitrogen and oxygen atoms in total. The van der Waals surface area contributed by atoms with Gasteiger partial charge in [-0.3, -0.25) is 4.79 Å². The van der Waals surface area contributed by atoms with Gasteiger partial charge in [0.05, 0.1) is 16.6 Å². The highest BCUT2D eigenvalue weighted by atomic mass is 35.5. The Labute approximate surface area is 118 Å². The van der Waals surface area contributed by atoms with Crippen LogP contribution in [0.2, 0.25) is 5.02 Å². The third kappa shape index (κ3) is 3.36. The summed E-state index contributed by atoms with van der Waals surface area (Å²) < 4.78 is 0. The predicted octanol–water partition coefficient (Wildman–Crippen LogP) is 4.22. The van der Waals surface area contributed by atoms with Crippen molar-refractivity contribution in [2.45, 2.75) is 19.4 Å². The molecule has 0 aromatic heterocycles. The molecular weight excluding hydrogens is 258 g/mol. The van der Waals surface area contributed by atoms with Crippen molar-refractivity contribution in [2.75, 3.05) is 0 Å². The third-order valence-electron chi connectivity index (χ3n) is 3.03. The lowest BCUT2D eigenvalue weighted by Gasteiger charge is -2.17. The number of carbonyl (C=O) groups is 1. The summed E-state index contributed by atoms with van der Waals surface area (Å²) in [5.41, 5.74) is 1.61. The summed E-state index contributed by atoms with van der Waals surface area (Å²) in [6.07, 6.45) is 0.834. The van der Waals surface area contributed by atoms with E-state index in [1.807, 2.05) is 49.4 Å². The summed E-state index contributed by atoms with van der Waals surface area (Å²) in [7, 11) is 0. The summed E-state index contributed by atoms with van der Waals surface area (Å²) >= 11 is 6.03. The fraction of sp³-hybridized carbons (Fsp3) is 0.188. The van der Waals surface area contributed by atoms with Gasteiger partial charge in [-0.25, -0.2) is 0 Å². The summed E-state index contributed by atoms with van der Waals surface area (Å²) in [5.74, 6) is -0.138. The molecule has 1 N–H and O–H groups in total. The Balaban J connectivity index is 2.16. The van der Waals surface area contributed by atoms with Crippen molar-refractivity contribution in [1.29, 1.82) is 0 Å². The monoisotopic (exact) mass is 273 g/mol. The van der Waals surface area contributed by atoms with E-state index in [1.165, 1.54) is 0 Å². The van der Waals surface area contributed by atoms with E-state index >= 15 is 0 Å². The molecule has 0 radical (unpaired) electrons. The molecule has 0 unspecified atom stereocenters. The van der Waals surface area contributed by atoms with E-state index in [9.17, 15) is 4.79 Å². The molecule has 0 aliphatic carbocycles. The standard InChI is InChI=1S/C16H16ClNO/c1-2-15(12-8-4-3-5-9-12)18-16(19)13-10-6-7-11-14(13)17/h3-11,15H,2H2,1H3,(H,18,19)/t15-/m0/s1. The van der Waals surface area contributed by atoms with Crippen LogP contribution in [0.3, 0.4) is 0 Å². The van der Waals surface area contributed by atoms with Gasteiger partial charge in [-0.1, -0.05) is 61.0 Å². The normalized spacial score (nSPS) is 11.9. The van der Waals surface area contributed by atoms with Crippen molar-refractivity contribution >= 4 is 17.5 Å². The Morgan fingerprint density at radius 2 is 1.74 bits per heavy atom. The second-order valence-electron chi connectivity index (χ2n) is 4.32. The molecule has 0 spiro atoms. The number of amides is 1. The van der Waals surface area contributed by atoms with Crippen molar-refractivity contribution in [3.05, 3.63) is 70.7 Å². The van der Waals surface area contributed by atoms with E-state index < -0.39 is 0 Å². The highest BCUT2D eigenvalue weighted by Gasteiger charge is 2.15. The van der Waals surface area contributed by atoms with Gasteiger partial charge < -0.3 is 5.32 Å². The quantitative estimate of drug-likeness (QED) is 0.888. The van der Waals surface area contributed by atoms with E-state index in [1.54, 1.807) is 12.1 Å². The zero-order chi connectivity index (χ0) is 13.7. The van der Waals surface area contributed by atoms with Gasteiger partial charge in [0.2, 0.25) is 0 Å². The zero-order valence-electron chi connectivity index (χ0n) is 10.8. The summed E-state index contributed by atoms with van der Waals surface area (Å²) in [4.78, 5) is 12.2. The summed E-state index contributed by atoms with van der Waals surface area (Å²) in [5, 5.41) is 3.49. The Kier molecular flexibility index (Phi) is 4.58. The first-order chi connectivity index (χ1) is 9.22. The van der Waals surface area contributed by atoms with Gasteiger partial charge in [0, 0.05) is 0 Å². The topological polar surface area (TPSA) is 29.1 Å². The fourth-order valence-corrected chi connectivity index (χ4v) is 2.21. The van der Waals surface area contributed by atoms with E-state index in [4.69, 9.17) is 11.6 Å². The average molecular weight is 274 g/mol. The molecule has 3 heteroatoms. The lowest BCUT2D eigenvalue weighted by molar-refractivity contribution is 0.0935. The van der Waals surface area contributed by atoms with Crippen LogP contribution < -0.4 is 5.32 Å². The van der Waals surface area contributed by atoms with Crippen LogP contribution in [0.1, 0.15) is 35.3 Å². The minimum Gasteiger partial charge on any atom is -0.345 e. The first-order valence-corrected chi connectivity index (χ1v) is 6.70. The van der Waals surface area contributed by atoms with Gasteiger partial charge in [-0.2, -0.15) is 0 Å². The number of hydrogen-bond acceptors (Lipinski definition) is 1. The van der Waals surface area contributed by atoms with Crippen LogP contribution >= 0.6 is 11.6 Å². The van der Waals surface area contributed by atoms with E-state index in [-0.39, 0.29) is 11.9 Å². The van der Waals surface area contributed by atoms with Crippen molar-refractivity contribution < 1.29 is 4.79 Å². The molecule has 1 atom stereocenters. The van der Waals surface area contributed by atoms with Crippen LogP contribution in [0.25, 0.3) is 0 Å². The molecule has 0 saturated carbocycles. The maximum absolute atomic E-state index is 12.2. The van der Waals surface area contributed by atoms with E-state index in [2.05, 4.69) is 5.32 Å². The Morgan fingerprint density at radius 3 is 2.37 bits per heavy atom. The van der Waals surface area contributed by atoms with Crippen molar-refractivity contribution in [3.63, 3.8) is 0 Å². The van der Waals surface area contributed by atoms with Crippen LogP contribution in [0, 0.1) is 0 Å². The number of halogens is 1. The first kappa shape index (κ1) is 13.6. The van der Waals surface area contributed by atoms with Crippen LogP contribution in [-0.2, 0) is 0 Å². The molecule has 2 aromatic carbocycles. The Hall–Kier alpha value is -1.80. The van der Waals surface area contributed by atoms with Gasteiger partial charge in [-0.15, -0.1) is 0 Å². The van der Waals surface area contributed by atoms with E-state index in [0.29, 0.717) is 10.6 Å². The van der Waals surface area contributed by atoms with Crippen molar-refractivity contribution in [3.8, 4) is 0 Å². The maximum Gasteiger partial charge on any atom is 0.253 e. The molecule has 0 fully saturated rings. The van der Waals surface area contributed by atoms with Gasteiger partial charge in [0.15, 0.2) is 0 Å². The minimum absolute atomic E-state index is 0.00460. The number of carbonyl (C=O) groups excluding carboxylic acids is 1. The summed E-state index contributed by atoms with van der Waals surface area (Å²) in [6, 6.07) is 17.0. The zero-order valence-corrected chi connectivity index (χ0v) is 11.5. The first-order valence-electron chi connectivity index (χ1n) is 6.32. The van der Waals surface area contributed by atoms with Gasteiger partial charge in [0.25, 0.3) is 5.91 Å². The molecule has 2 aromatic rings. The van der Waals surface area contributed by atoms with Crippen LogP contribution in [0.15, 0.2) is 54.6 Å². The maximum atomic E-state index is 12.2. The second kappa shape index (κ2) is 6.39. The fourth-order valence-electron chi connectivity index (χ4n) is 1.99.